The van der Waals surface area contributed by atoms with E-state index in [1.807, 2.05) is 24.3 Å². The van der Waals surface area contributed by atoms with Crippen molar-refractivity contribution in [2.45, 2.75) is 13.2 Å². The summed E-state index contributed by atoms with van der Waals surface area (Å²) < 4.78 is 7.51. The standard InChI is InChI=1S/C12H12BrN3O2/c13-11-4-2-1-3-9(11)8-18-12(17)7-16-6-10(14)5-15-16/h1-6H,7-8,14H2. The van der Waals surface area contributed by atoms with Gasteiger partial charge in [0.05, 0.1) is 11.9 Å². The average Bonchev–Trinajstić information content (AvgIpc) is 2.74. The summed E-state index contributed by atoms with van der Waals surface area (Å²) in [5.74, 6) is -0.353. The van der Waals surface area contributed by atoms with Crippen LogP contribution in [0.4, 0.5) is 5.69 Å². The SMILES string of the molecule is Nc1cnn(CC(=O)OCc2ccccc2Br)c1. The summed E-state index contributed by atoms with van der Waals surface area (Å²) in [7, 11) is 0. The maximum Gasteiger partial charge on any atom is 0.328 e. The summed E-state index contributed by atoms with van der Waals surface area (Å²) in [5, 5.41) is 3.91. The monoisotopic (exact) mass is 309 g/mol. The van der Waals surface area contributed by atoms with Crippen molar-refractivity contribution in [3.63, 3.8) is 0 Å². The van der Waals surface area contributed by atoms with Crippen LogP contribution in [0.15, 0.2) is 41.1 Å². The molecule has 2 rings (SSSR count). The van der Waals surface area contributed by atoms with Gasteiger partial charge in [0, 0.05) is 16.2 Å². The fourth-order valence-electron chi connectivity index (χ4n) is 1.42. The molecule has 0 atom stereocenters. The average molecular weight is 310 g/mol. The van der Waals surface area contributed by atoms with Gasteiger partial charge in [-0.15, -0.1) is 0 Å². The van der Waals surface area contributed by atoms with E-state index in [0.29, 0.717) is 5.69 Å². The smallest absolute Gasteiger partial charge is 0.328 e. The van der Waals surface area contributed by atoms with E-state index in [1.54, 1.807) is 6.20 Å². The van der Waals surface area contributed by atoms with Crippen LogP contribution < -0.4 is 5.73 Å². The molecule has 0 saturated heterocycles. The molecule has 0 fully saturated rings. The van der Waals surface area contributed by atoms with E-state index in [4.69, 9.17) is 10.5 Å². The lowest BCUT2D eigenvalue weighted by Crippen LogP contribution is -2.13. The Morgan fingerprint density at radius 2 is 2.22 bits per heavy atom. The number of nitrogen functional groups attached to an aromatic ring is 1. The van der Waals surface area contributed by atoms with Gasteiger partial charge in [0.25, 0.3) is 0 Å². The number of anilines is 1. The van der Waals surface area contributed by atoms with E-state index in [2.05, 4.69) is 21.0 Å². The Kier molecular flexibility index (Phi) is 3.99. The van der Waals surface area contributed by atoms with Crippen LogP contribution >= 0.6 is 15.9 Å². The van der Waals surface area contributed by atoms with Gasteiger partial charge < -0.3 is 10.5 Å². The highest BCUT2D eigenvalue weighted by Gasteiger charge is 2.07. The Morgan fingerprint density at radius 1 is 1.44 bits per heavy atom. The zero-order valence-corrected chi connectivity index (χ0v) is 11.1. The molecule has 94 valence electrons. The predicted molar refractivity (Wildman–Crippen MR) is 70.6 cm³/mol. The second-order valence-corrected chi connectivity index (χ2v) is 4.58. The Morgan fingerprint density at radius 3 is 2.89 bits per heavy atom. The molecule has 0 bridgehead atoms. The molecule has 2 N–H and O–H groups in total. The van der Waals surface area contributed by atoms with Crippen molar-refractivity contribution < 1.29 is 9.53 Å². The van der Waals surface area contributed by atoms with E-state index in [1.165, 1.54) is 10.9 Å². The van der Waals surface area contributed by atoms with Gasteiger partial charge in [-0.3, -0.25) is 9.48 Å². The number of nitrogens with zero attached hydrogens (tertiary/aromatic N) is 2. The van der Waals surface area contributed by atoms with Crippen LogP contribution in [0.25, 0.3) is 0 Å². The van der Waals surface area contributed by atoms with E-state index < -0.39 is 0 Å². The largest absolute Gasteiger partial charge is 0.459 e. The molecule has 1 aromatic carbocycles. The van der Waals surface area contributed by atoms with Gasteiger partial charge in [-0.25, -0.2) is 0 Å². The van der Waals surface area contributed by atoms with Crippen molar-refractivity contribution >= 4 is 27.6 Å². The first kappa shape index (κ1) is 12.6. The molecule has 18 heavy (non-hydrogen) atoms. The fourth-order valence-corrected chi connectivity index (χ4v) is 1.82. The summed E-state index contributed by atoms with van der Waals surface area (Å²) in [6.45, 7) is 0.290. The lowest BCUT2D eigenvalue weighted by Gasteiger charge is -2.06. The van der Waals surface area contributed by atoms with Crippen molar-refractivity contribution in [1.29, 1.82) is 0 Å². The van der Waals surface area contributed by atoms with Crippen molar-refractivity contribution in [2.75, 3.05) is 5.73 Å². The van der Waals surface area contributed by atoms with Crippen LogP contribution in [0.1, 0.15) is 5.56 Å². The van der Waals surface area contributed by atoms with Gasteiger partial charge >= 0.3 is 5.97 Å². The number of esters is 1. The second-order valence-electron chi connectivity index (χ2n) is 3.72. The molecule has 1 aromatic heterocycles. The van der Waals surface area contributed by atoms with Crippen molar-refractivity contribution in [1.82, 2.24) is 9.78 Å². The highest BCUT2D eigenvalue weighted by molar-refractivity contribution is 9.10. The number of hydrogen-bond acceptors (Lipinski definition) is 4. The molecule has 5 nitrogen and oxygen atoms in total. The molecular weight excluding hydrogens is 298 g/mol. The van der Waals surface area contributed by atoms with Crippen molar-refractivity contribution in [3.8, 4) is 0 Å². The molecule has 0 radical (unpaired) electrons. The first-order chi connectivity index (χ1) is 8.65. The lowest BCUT2D eigenvalue weighted by molar-refractivity contribution is -0.145. The first-order valence-electron chi connectivity index (χ1n) is 5.32. The summed E-state index contributed by atoms with van der Waals surface area (Å²) in [4.78, 5) is 11.6. The Bertz CT molecular complexity index is 554. The molecule has 0 amide bonds. The van der Waals surface area contributed by atoms with Gasteiger partial charge in [0.2, 0.25) is 0 Å². The Labute approximate surface area is 113 Å². The molecule has 0 aliphatic heterocycles. The number of benzene rings is 1. The molecule has 2 aromatic rings. The first-order valence-corrected chi connectivity index (χ1v) is 6.11. The number of aromatic nitrogens is 2. The van der Waals surface area contributed by atoms with Gasteiger partial charge in [0.15, 0.2) is 0 Å². The third-order valence-electron chi connectivity index (χ3n) is 2.29. The molecule has 0 aliphatic carbocycles. The number of ether oxygens (including phenoxy) is 1. The summed E-state index contributed by atoms with van der Waals surface area (Å²) in [6.07, 6.45) is 3.07. The summed E-state index contributed by atoms with van der Waals surface area (Å²) >= 11 is 3.39. The minimum atomic E-state index is -0.353. The van der Waals surface area contributed by atoms with E-state index in [-0.39, 0.29) is 19.1 Å². The highest BCUT2D eigenvalue weighted by atomic mass is 79.9. The molecule has 0 spiro atoms. The van der Waals surface area contributed by atoms with Gasteiger partial charge in [-0.05, 0) is 6.07 Å². The minimum Gasteiger partial charge on any atom is -0.459 e. The Hall–Kier alpha value is -1.82. The molecule has 0 aliphatic rings. The number of nitrogens with two attached hydrogens (primary N) is 1. The number of halogens is 1. The number of hydrogen-bond donors (Lipinski definition) is 1. The molecule has 0 saturated carbocycles. The van der Waals surface area contributed by atoms with Crippen LogP contribution in [0.5, 0.6) is 0 Å². The third kappa shape index (κ3) is 3.33. The molecule has 1 heterocycles. The highest BCUT2D eigenvalue weighted by Crippen LogP contribution is 2.16. The van der Waals surface area contributed by atoms with Crippen LogP contribution in [-0.2, 0) is 22.7 Å². The minimum absolute atomic E-state index is 0.0572. The topological polar surface area (TPSA) is 70.1 Å². The Balaban J connectivity index is 1.87. The summed E-state index contributed by atoms with van der Waals surface area (Å²) in [5.41, 5.74) is 6.94. The van der Waals surface area contributed by atoms with Gasteiger partial charge in [0.1, 0.15) is 13.2 Å². The normalized spacial score (nSPS) is 10.3. The maximum atomic E-state index is 11.6. The lowest BCUT2D eigenvalue weighted by atomic mass is 10.2. The molecule has 0 unspecified atom stereocenters. The number of rotatable bonds is 4. The zero-order valence-electron chi connectivity index (χ0n) is 9.54. The van der Waals surface area contributed by atoms with Crippen LogP contribution in [0.2, 0.25) is 0 Å². The summed E-state index contributed by atoms with van der Waals surface area (Å²) in [6, 6.07) is 7.59. The van der Waals surface area contributed by atoms with Crippen LogP contribution in [0.3, 0.4) is 0 Å². The van der Waals surface area contributed by atoms with Gasteiger partial charge in [-0.1, -0.05) is 34.1 Å². The van der Waals surface area contributed by atoms with E-state index in [0.717, 1.165) is 10.0 Å². The fraction of sp³-hybridized carbons (Fsp3) is 0.167. The van der Waals surface area contributed by atoms with Crippen molar-refractivity contribution in [2.24, 2.45) is 0 Å². The zero-order chi connectivity index (χ0) is 13.0. The maximum absolute atomic E-state index is 11.6. The molecule has 6 heteroatoms. The van der Waals surface area contributed by atoms with Crippen molar-refractivity contribution in [3.05, 3.63) is 46.7 Å². The quantitative estimate of drug-likeness (QED) is 0.877. The molecular formula is C12H12BrN3O2. The second kappa shape index (κ2) is 5.68. The third-order valence-corrected chi connectivity index (χ3v) is 3.06. The van der Waals surface area contributed by atoms with E-state index in [9.17, 15) is 4.79 Å². The van der Waals surface area contributed by atoms with E-state index >= 15 is 0 Å². The number of carbonyl (C=O) groups is 1. The van der Waals surface area contributed by atoms with Gasteiger partial charge in [-0.2, -0.15) is 5.10 Å². The van der Waals surface area contributed by atoms with Crippen LogP contribution in [0, 0.1) is 0 Å². The predicted octanol–water partition coefficient (Wildman–Crippen LogP) is 1.97. The number of carbonyl (C=O) groups excluding carboxylic acids is 1. The van der Waals surface area contributed by atoms with Crippen LogP contribution in [-0.4, -0.2) is 15.7 Å².